The summed E-state index contributed by atoms with van der Waals surface area (Å²) in [5.41, 5.74) is 0.601. The first kappa shape index (κ1) is 14.9. The molecule has 0 unspecified atom stereocenters. The lowest BCUT2D eigenvalue weighted by atomic mass is 10.2. The maximum atomic E-state index is 11.5. The van der Waals surface area contributed by atoms with Gasteiger partial charge in [0.2, 0.25) is 0 Å². The average molecular weight is 287 g/mol. The first-order chi connectivity index (χ1) is 10.2. The summed E-state index contributed by atoms with van der Waals surface area (Å²) < 4.78 is 5.55. The van der Waals surface area contributed by atoms with Crippen LogP contribution >= 0.6 is 0 Å². The molecule has 1 aromatic carbocycles. The predicted octanol–water partition coefficient (Wildman–Crippen LogP) is 0.676. The smallest absolute Gasteiger partial charge is 0.311 e. The number of amides is 2. The van der Waals surface area contributed by atoms with Crippen molar-refractivity contribution in [3.8, 4) is 11.8 Å². The Labute approximate surface area is 123 Å². The summed E-state index contributed by atoms with van der Waals surface area (Å²) in [6.07, 6.45) is 1.58. The van der Waals surface area contributed by atoms with Gasteiger partial charge in [-0.15, -0.1) is 0 Å². The Morgan fingerprint density at radius 1 is 1.24 bits per heavy atom. The van der Waals surface area contributed by atoms with E-state index in [1.54, 1.807) is 29.2 Å². The van der Waals surface area contributed by atoms with Gasteiger partial charge in [-0.05, 0) is 37.1 Å². The average Bonchev–Trinajstić information content (AvgIpc) is 2.51. The maximum Gasteiger partial charge on any atom is 0.311 e. The molecule has 1 aromatic rings. The van der Waals surface area contributed by atoms with Gasteiger partial charge in [-0.2, -0.15) is 5.26 Å². The van der Waals surface area contributed by atoms with Crippen LogP contribution in [-0.2, 0) is 9.59 Å². The number of carbonyl (C=O) groups is 2. The number of nitrogens with one attached hydrogen (secondary N) is 1. The summed E-state index contributed by atoms with van der Waals surface area (Å²) in [6.45, 7) is 2.20. The molecule has 0 aliphatic carbocycles. The molecule has 21 heavy (non-hydrogen) atoms. The van der Waals surface area contributed by atoms with Crippen molar-refractivity contribution in [3.05, 3.63) is 29.8 Å². The van der Waals surface area contributed by atoms with Gasteiger partial charge >= 0.3 is 11.8 Å². The predicted molar refractivity (Wildman–Crippen MR) is 75.5 cm³/mol. The quantitative estimate of drug-likeness (QED) is 0.616. The molecule has 0 aromatic heterocycles. The third-order valence-electron chi connectivity index (χ3n) is 3.22. The van der Waals surface area contributed by atoms with Gasteiger partial charge in [0.25, 0.3) is 0 Å². The number of hydrogen-bond acceptors (Lipinski definition) is 4. The van der Waals surface area contributed by atoms with Gasteiger partial charge < -0.3 is 15.0 Å². The van der Waals surface area contributed by atoms with Crippen molar-refractivity contribution >= 4 is 11.8 Å². The number of hydrogen-bond donors (Lipinski definition) is 1. The van der Waals surface area contributed by atoms with Crippen molar-refractivity contribution < 1.29 is 14.3 Å². The lowest BCUT2D eigenvalue weighted by molar-refractivity contribution is -0.148. The summed E-state index contributed by atoms with van der Waals surface area (Å²) in [5, 5.41) is 11.2. The zero-order valence-electron chi connectivity index (χ0n) is 11.7. The molecule has 0 radical (unpaired) electrons. The molecule has 2 rings (SSSR count). The second kappa shape index (κ2) is 7.29. The molecular formula is C15H17N3O3. The summed E-state index contributed by atoms with van der Waals surface area (Å²) in [4.78, 5) is 24.3. The van der Waals surface area contributed by atoms with Crippen molar-refractivity contribution in [1.82, 2.24) is 10.2 Å². The van der Waals surface area contributed by atoms with E-state index in [0.29, 0.717) is 31.8 Å². The molecule has 1 saturated heterocycles. The van der Waals surface area contributed by atoms with Gasteiger partial charge in [0.15, 0.2) is 0 Å². The first-order valence-electron chi connectivity index (χ1n) is 6.91. The fourth-order valence-corrected chi connectivity index (χ4v) is 2.06. The van der Waals surface area contributed by atoms with E-state index in [-0.39, 0.29) is 0 Å². The SMILES string of the molecule is N#Cc1ccc(OCCCCN2CCNC(=O)C2=O)cc1. The third-order valence-corrected chi connectivity index (χ3v) is 3.22. The maximum absolute atomic E-state index is 11.5. The molecular weight excluding hydrogens is 270 g/mol. The second-order valence-corrected chi connectivity index (χ2v) is 4.74. The van der Waals surface area contributed by atoms with Crippen LogP contribution in [0.1, 0.15) is 18.4 Å². The molecule has 1 aliphatic heterocycles. The Morgan fingerprint density at radius 2 is 2.00 bits per heavy atom. The fourth-order valence-electron chi connectivity index (χ4n) is 2.06. The van der Waals surface area contributed by atoms with Crippen LogP contribution < -0.4 is 10.1 Å². The number of nitrogens with zero attached hydrogens (tertiary/aromatic N) is 2. The number of benzene rings is 1. The van der Waals surface area contributed by atoms with Crippen LogP contribution in [0.15, 0.2) is 24.3 Å². The highest BCUT2D eigenvalue weighted by Crippen LogP contribution is 2.12. The van der Waals surface area contributed by atoms with E-state index in [0.717, 1.165) is 18.6 Å². The van der Waals surface area contributed by atoms with Gasteiger partial charge in [-0.1, -0.05) is 0 Å². The minimum atomic E-state index is -0.518. The third kappa shape index (κ3) is 4.21. The fraction of sp³-hybridized carbons (Fsp3) is 0.400. The molecule has 0 saturated carbocycles. The highest BCUT2D eigenvalue weighted by molar-refractivity contribution is 6.35. The van der Waals surface area contributed by atoms with E-state index < -0.39 is 11.8 Å². The summed E-state index contributed by atoms with van der Waals surface area (Å²) >= 11 is 0. The molecule has 6 heteroatoms. The van der Waals surface area contributed by atoms with Crippen LogP contribution in [0.4, 0.5) is 0 Å². The largest absolute Gasteiger partial charge is 0.494 e. The molecule has 1 N–H and O–H groups in total. The molecule has 2 amide bonds. The first-order valence-corrected chi connectivity index (χ1v) is 6.91. The van der Waals surface area contributed by atoms with Crippen molar-refractivity contribution in [2.45, 2.75) is 12.8 Å². The number of rotatable bonds is 6. The normalized spacial score (nSPS) is 14.5. The Hall–Kier alpha value is -2.55. The molecule has 0 atom stereocenters. The zero-order valence-corrected chi connectivity index (χ0v) is 11.7. The molecule has 1 heterocycles. The molecule has 110 valence electrons. The Balaban J connectivity index is 1.64. The van der Waals surface area contributed by atoms with E-state index in [2.05, 4.69) is 5.32 Å². The number of carbonyl (C=O) groups excluding carboxylic acids is 2. The van der Waals surface area contributed by atoms with E-state index in [1.165, 1.54) is 0 Å². The lowest BCUT2D eigenvalue weighted by Gasteiger charge is -2.26. The molecule has 1 aliphatic rings. The van der Waals surface area contributed by atoms with E-state index in [9.17, 15) is 9.59 Å². The topological polar surface area (TPSA) is 82.4 Å². The van der Waals surface area contributed by atoms with Gasteiger partial charge in [-0.3, -0.25) is 9.59 Å². The van der Waals surface area contributed by atoms with Crippen molar-refractivity contribution in [3.63, 3.8) is 0 Å². The summed E-state index contributed by atoms with van der Waals surface area (Å²) in [7, 11) is 0. The van der Waals surface area contributed by atoms with Gasteiger partial charge in [0.05, 0.1) is 18.2 Å². The minimum absolute atomic E-state index is 0.450. The van der Waals surface area contributed by atoms with Gasteiger partial charge in [0.1, 0.15) is 5.75 Å². The van der Waals surface area contributed by atoms with Crippen molar-refractivity contribution in [1.29, 1.82) is 5.26 Å². The highest BCUT2D eigenvalue weighted by atomic mass is 16.5. The number of piperazine rings is 1. The lowest BCUT2D eigenvalue weighted by Crippen LogP contribution is -2.52. The Kier molecular flexibility index (Phi) is 5.16. The van der Waals surface area contributed by atoms with Crippen LogP contribution in [0.2, 0.25) is 0 Å². The monoisotopic (exact) mass is 287 g/mol. The summed E-state index contributed by atoms with van der Waals surface area (Å²) in [6, 6.07) is 8.99. The minimum Gasteiger partial charge on any atom is -0.494 e. The zero-order chi connectivity index (χ0) is 15.1. The van der Waals surface area contributed by atoms with E-state index in [1.807, 2.05) is 6.07 Å². The standard InChI is InChI=1S/C15H17N3O3/c16-11-12-3-5-13(6-4-12)21-10-2-1-8-18-9-7-17-14(19)15(18)20/h3-6H,1-2,7-10H2,(H,17,19). The molecule has 0 bridgehead atoms. The Bertz CT molecular complexity index is 548. The van der Waals surface area contributed by atoms with Crippen LogP contribution in [0.25, 0.3) is 0 Å². The highest BCUT2D eigenvalue weighted by Gasteiger charge is 2.25. The molecule has 6 nitrogen and oxygen atoms in total. The number of unbranched alkanes of at least 4 members (excludes halogenated alkanes) is 1. The van der Waals surface area contributed by atoms with E-state index in [4.69, 9.17) is 10.00 Å². The molecule has 0 spiro atoms. The number of nitriles is 1. The Morgan fingerprint density at radius 3 is 2.71 bits per heavy atom. The van der Waals surface area contributed by atoms with Crippen molar-refractivity contribution in [2.75, 3.05) is 26.2 Å². The molecule has 1 fully saturated rings. The van der Waals surface area contributed by atoms with E-state index >= 15 is 0 Å². The van der Waals surface area contributed by atoms with Crippen LogP contribution in [0, 0.1) is 11.3 Å². The second-order valence-electron chi connectivity index (χ2n) is 4.74. The van der Waals surface area contributed by atoms with Crippen molar-refractivity contribution in [2.24, 2.45) is 0 Å². The van der Waals surface area contributed by atoms with Gasteiger partial charge in [0, 0.05) is 19.6 Å². The van der Waals surface area contributed by atoms with Crippen LogP contribution in [-0.4, -0.2) is 43.0 Å². The van der Waals surface area contributed by atoms with Crippen LogP contribution in [0.3, 0.4) is 0 Å². The van der Waals surface area contributed by atoms with Crippen LogP contribution in [0.5, 0.6) is 5.75 Å². The summed E-state index contributed by atoms with van der Waals surface area (Å²) in [5.74, 6) is -0.244. The van der Waals surface area contributed by atoms with Gasteiger partial charge in [-0.25, -0.2) is 0 Å². The number of ether oxygens (including phenoxy) is 1.